The van der Waals surface area contributed by atoms with Crippen molar-refractivity contribution in [1.82, 2.24) is 14.8 Å². The van der Waals surface area contributed by atoms with Crippen LogP contribution >= 0.6 is 11.3 Å². The van der Waals surface area contributed by atoms with Crippen LogP contribution in [0.5, 0.6) is 0 Å². The van der Waals surface area contributed by atoms with Crippen LogP contribution in [0.3, 0.4) is 0 Å². The average Bonchev–Trinajstić information content (AvgIpc) is 3.29. The molecule has 1 fully saturated rings. The van der Waals surface area contributed by atoms with Gasteiger partial charge in [-0.15, -0.1) is 11.3 Å². The molecule has 0 bridgehead atoms. The van der Waals surface area contributed by atoms with Crippen LogP contribution in [-0.4, -0.2) is 46.2 Å². The van der Waals surface area contributed by atoms with Crippen molar-refractivity contribution in [3.05, 3.63) is 57.4 Å². The van der Waals surface area contributed by atoms with E-state index in [1.165, 1.54) is 10.4 Å². The molecule has 2 atom stereocenters. The molecule has 3 aromatic rings. The summed E-state index contributed by atoms with van der Waals surface area (Å²) in [4.78, 5) is 35.3. The van der Waals surface area contributed by atoms with Gasteiger partial charge in [-0.3, -0.25) is 9.59 Å². The third-order valence-corrected chi connectivity index (χ3v) is 7.04. The number of aromatic nitrogens is 1. The number of amides is 2. The van der Waals surface area contributed by atoms with Gasteiger partial charge < -0.3 is 14.8 Å². The molecule has 2 amide bonds. The Balaban J connectivity index is 1.75. The van der Waals surface area contributed by atoms with Crippen LogP contribution in [-0.2, 0) is 22.4 Å². The number of carbonyl (C=O) groups excluding carboxylic acids is 2. The molecule has 0 unspecified atom stereocenters. The first-order valence-electron chi connectivity index (χ1n) is 9.32. The largest absolute Gasteiger partial charge is 0.356 e. The van der Waals surface area contributed by atoms with Gasteiger partial charge in [-0.1, -0.05) is 25.1 Å². The van der Waals surface area contributed by atoms with E-state index in [9.17, 15) is 9.59 Å². The summed E-state index contributed by atoms with van der Waals surface area (Å²) in [5.74, 6) is 0.0469. The summed E-state index contributed by atoms with van der Waals surface area (Å²) < 4.78 is 0. The van der Waals surface area contributed by atoms with Gasteiger partial charge in [0.1, 0.15) is 12.1 Å². The molecule has 1 saturated heterocycles. The number of para-hydroxylation sites is 1. The molecule has 2 aromatic heterocycles. The Morgan fingerprint density at radius 1 is 1.19 bits per heavy atom. The Labute approximate surface area is 161 Å². The van der Waals surface area contributed by atoms with Crippen molar-refractivity contribution in [1.29, 1.82) is 0 Å². The summed E-state index contributed by atoms with van der Waals surface area (Å²) >= 11 is 1.73. The molecule has 1 N–H and O–H groups in total. The minimum Gasteiger partial charge on any atom is -0.356 e. The number of H-pyrrole nitrogens is 1. The maximum Gasteiger partial charge on any atom is 0.245 e. The maximum atomic E-state index is 13.0. The molecule has 0 saturated carbocycles. The number of hydrogen-bond acceptors (Lipinski definition) is 3. The molecule has 27 heavy (non-hydrogen) atoms. The lowest BCUT2D eigenvalue weighted by Gasteiger charge is -2.45. The molecule has 6 heteroatoms. The predicted molar refractivity (Wildman–Crippen MR) is 106 cm³/mol. The van der Waals surface area contributed by atoms with Gasteiger partial charge in [0.2, 0.25) is 11.8 Å². The number of thiophene rings is 1. The van der Waals surface area contributed by atoms with E-state index in [0.29, 0.717) is 6.42 Å². The van der Waals surface area contributed by atoms with Gasteiger partial charge in [0.25, 0.3) is 0 Å². The van der Waals surface area contributed by atoms with Crippen molar-refractivity contribution in [3.8, 4) is 0 Å². The third kappa shape index (κ3) is 2.36. The number of nitrogens with zero attached hydrogens (tertiary/aromatic N) is 2. The molecule has 0 aliphatic carbocycles. The lowest BCUT2D eigenvalue weighted by molar-refractivity contribution is -0.157. The fourth-order valence-corrected chi connectivity index (χ4v) is 5.50. The summed E-state index contributed by atoms with van der Waals surface area (Å²) in [5, 5.41) is 1.15. The zero-order valence-electron chi connectivity index (χ0n) is 15.4. The lowest BCUT2D eigenvalue weighted by atomic mass is 9.88. The predicted octanol–water partition coefficient (Wildman–Crippen LogP) is 3.11. The van der Waals surface area contributed by atoms with Crippen LogP contribution < -0.4 is 0 Å². The van der Waals surface area contributed by atoms with Crippen LogP contribution in [0.2, 0.25) is 0 Å². The molecule has 2 aliphatic rings. The van der Waals surface area contributed by atoms with Gasteiger partial charge in [0.15, 0.2) is 0 Å². The van der Waals surface area contributed by atoms with E-state index >= 15 is 0 Å². The number of piperazine rings is 1. The monoisotopic (exact) mass is 379 g/mol. The summed E-state index contributed by atoms with van der Waals surface area (Å²) in [6, 6.07) is 11.8. The van der Waals surface area contributed by atoms with Crippen molar-refractivity contribution < 1.29 is 9.59 Å². The van der Waals surface area contributed by atoms with E-state index in [0.717, 1.165) is 27.9 Å². The van der Waals surface area contributed by atoms with Gasteiger partial charge in [0.05, 0.1) is 6.54 Å². The second-order valence-corrected chi connectivity index (χ2v) is 8.54. The standard InChI is InChI=1S/C21H21N3O2S/c1-3-12-8-9-17(27-12)20-19-14(13-6-4-5-7-15(13)22-19)10-16-21(26)23(2)11-18(25)24(16)20/h4-9,16,20,22H,3,10-11H2,1-2H3/t16-,20+/m0/s1. The average molecular weight is 379 g/mol. The van der Waals surface area contributed by atoms with Crippen molar-refractivity contribution in [2.24, 2.45) is 0 Å². The SMILES string of the molecule is CCc1ccc([C@@H]2c3[nH]c4ccccc4c3C[C@H]3C(=O)N(C)CC(=O)N23)s1. The number of rotatable bonds is 2. The second-order valence-electron chi connectivity index (χ2n) is 7.34. The first-order valence-corrected chi connectivity index (χ1v) is 10.1. The highest BCUT2D eigenvalue weighted by Crippen LogP contribution is 2.44. The summed E-state index contributed by atoms with van der Waals surface area (Å²) in [6.07, 6.45) is 1.53. The summed E-state index contributed by atoms with van der Waals surface area (Å²) in [5.41, 5.74) is 3.29. The number of aromatic amines is 1. The zero-order chi connectivity index (χ0) is 18.7. The van der Waals surface area contributed by atoms with E-state index in [1.54, 1.807) is 23.3 Å². The number of hydrogen-bond donors (Lipinski definition) is 1. The van der Waals surface area contributed by atoms with Crippen LogP contribution in [0.15, 0.2) is 36.4 Å². The van der Waals surface area contributed by atoms with Crippen LogP contribution in [0.1, 0.15) is 34.0 Å². The number of nitrogens with one attached hydrogen (secondary N) is 1. The molecule has 2 aliphatic heterocycles. The highest BCUT2D eigenvalue weighted by Gasteiger charge is 2.47. The van der Waals surface area contributed by atoms with Crippen molar-refractivity contribution in [3.63, 3.8) is 0 Å². The maximum absolute atomic E-state index is 13.0. The van der Waals surface area contributed by atoms with Crippen molar-refractivity contribution in [2.45, 2.75) is 31.8 Å². The van der Waals surface area contributed by atoms with Crippen molar-refractivity contribution >= 4 is 34.1 Å². The molecular formula is C21H21N3O2S. The van der Waals surface area contributed by atoms with Gasteiger partial charge >= 0.3 is 0 Å². The first kappa shape index (κ1) is 16.6. The van der Waals surface area contributed by atoms with Crippen LogP contribution in [0.4, 0.5) is 0 Å². The molecule has 4 heterocycles. The topological polar surface area (TPSA) is 56.4 Å². The smallest absolute Gasteiger partial charge is 0.245 e. The molecule has 0 spiro atoms. The van der Waals surface area contributed by atoms with Crippen LogP contribution in [0, 0.1) is 0 Å². The Kier molecular flexibility index (Phi) is 3.65. The van der Waals surface area contributed by atoms with Gasteiger partial charge in [-0.2, -0.15) is 0 Å². The Morgan fingerprint density at radius 3 is 2.78 bits per heavy atom. The summed E-state index contributed by atoms with van der Waals surface area (Å²) in [7, 11) is 1.72. The third-order valence-electron chi connectivity index (χ3n) is 5.75. The quantitative estimate of drug-likeness (QED) is 0.744. The molecule has 5 rings (SSSR count). The van der Waals surface area contributed by atoms with E-state index in [2.05, 4.69) is 36.2 Å². The van der Waals surface area contributed by atoms with Gasteiger partial charge in [0, 0.05) is 39.8 Å². The molecule has 138 valence electrons. The van der Waals surface area contributed by atoms with E-state index in [-0.39, 0.29) is 24.4 Å². The fourth-order valence-electron chi connectivity index (χ4n) is 4.44. The van der Waals surface area contributed by atoms with E-state index < -0.39 is 6.04 Å². The number of benzene rings is 1. The minimum absolute atomic E-state index is 0.0165. The van der Waals surface area contributed by atoms with Crippen molar-refractivity contribution in [2.75, 3.05) is 13.6 Å². The van der Waals surface area contributed by atoms with Gasteiger partial charge in [-0.05, 0) is 30.2 Å². The van der Waals surface area contributed by atoms with E-state index in [1.807, 2.05) is 17.0 Å². The molecule has 1 aromatic carbocycles. The molecular weight excluding hydrogens is 358 g/mol. The second kappa shape index (κ2) is 5.96. The Hall–Kier alpha value is -2.60. The molecule has 5 nitrogen and oxygen atoms in total. The highest BCUT2D eigenvalue weighted by atomic mass is 32.1. The number of carbonyl (C=O) groups is 2. The minimum atomic E-state index is -0.430. The lowest BCUT2D eigenvalue weighted by Crippen LogP contribution is -2.62. The number of fused-ring (bicyclic) bond motifs is 4. The number of aryl methyl sites for hydroxylation is 1. The normalized spacial score (nSPS) is 22.3. The molecule has 0 radical (unpaired) electrons. The number of likely N-dealkylation sites (N-methyl/N-ethyl adjacent to an activating group) is 1. The summed E-state index contributed by atoms with van der Waals surface area (Å²) in [6.45, 7) is 2.28. The van der Waals surface area contributed by atoms with Crippen LogP contribution in [0.25, 0.3) is 10.9 Å². The highest BCUT2D eigenvalue weighted by molar-refractivity contribution is 7.12. The Bertz CT molecular complexity index is 1070. The first-order chi connectivity index (χ1) is 13.1. The Morgan fingerprint density at radius 2 is 2.00 bits per heavy atom. The van der Waals surface area contributed by atoms with Gasteiger partial charge in [-0.25, -0.2) is 0 Å². The zero-order valence-corrected chi connectivity index (χ0v) is 16.2. The van der Waals surface area contributed by atoms with E-state index in [4.69, 9.17) is 0 Å². The fraction of sp³-hybridized carbons (Fsp3) is 0.333.